The molecule has 2 aromatic rings. The Bertz CT molecular complexity index is 605. The first-order chi connectivity index (χ1) is 8.90. The largest absolute Gasteiger partial charge is 0.508 e. The summed E-state index contributed by atoms with van der Waals surface area (Å²) in [5, 5.41) is 26.4. The Labute approximate surface area is 110 Å². The van der Waals surface area contributed by atoms with Gasteiger partial charge in [-0.25, -0.2) is 4.68 Å². The molecule has 0 bridgehead atoms. The summed E-state index contributed by atoms with van der Waals surface area (Å²) in [5.74, 6) is -0.757. The van der Waals surface area contributed by atoms with E-state index in [-0.39, 0.29) is 5.75 Å². The molecular formula is C13H15N3O3. The van der Waals surface area contributed by atoms with E-state index in [1.54, 1.807) is 38.1 Å². The van der Waals surface area contributed by atoms with E-state index < -0.39 is 11.4 Å². The van der Waals surface area contributed by atoms with Gasteiger partial charge in [-0.05, 0) is 26.0 Å². The monoisotopic (exact) mass is 261 g/mol. The van der Waals surface area contributed by atoms with Crippen LogP contribution < -0.4 is 0 Å². The van der Waals surface area contributed by atoms with Gasteiger partial charge in [-0.15, -0.1) is 5.10 Å². The highest BCUT2D eigenvalue weighted by molar-refractivity contribution is 5.73. The number of hydrogen-bond donors (Lipinski definition) is 2. The molecule has 0 fully saturated rings. The third-order valence-corrected chi connectivity index (χ3v) is 2.90. The first-order valence-corrected chi connectivity index (χ1v) is 5.82. The van der Waals surface area contributed by atoms with E-state index in [2.05, 4.69) is 10.3 Å². The fourth-order valence-electron chi connectivity index (χ4n) is 1.75. The molecule has 0 aliphatic carbocycles. The van der Waals surface area contributed by atoms with Crippen molar-refractivity contribution < 1.29 is 15.0 Å². The number of hydrogen-bond acceptors (Lipinski definition) is 4. The van der Waals surface area contributed by atoms with Crippen molar-refractivity contribution in [1.82, 2.24) is 15.0 Å². The van der Waals surface area contributed by atoms with Gasteiger partial charge in [0.25, 0.3) is 0 Å². The quantitative estimate of drug-likeness (QED) is 0.873. The lowest BCUT2D eigenvalue weighted by atomic mass is 9.88. The molecule has 0 amide bonds. The maximum atomic E-state index is 11.2. The van der Waals surface area contributed by atoms with Crippen molar-refractivity contribution >= 4 is 5.97 Å². The van der Waals surface area contributed by atoms with Gasteiger partial charge in [0.15, 0.2) is 0 Å². The Morgan fingerprint density at radius 1 is 1.42 bits per heavy atom. The molecule has 2 rings (SSSR count). The number of carboxylic acid groups (broad SMARTS) is 1. The Balaban J connectivity index is 2.36. The predicted octanol–water partition coefficient (Wildman–Crippen LogP) is 1.63. The van der Waals surface area contributed by atoms with Gasteiger partial charge in [-0.2, -0.15) is 0 Å². The maximum absolute atomic E-state index is 11.2. The number of phenols is 1. The van der Waals surface area contributed by atoms with Gasteiger partial charge in [-0.1, -0.05) is 11.3 Å². The van der Waals surface area contributed by atoms with Crippen LogP contribution in [-0.2, 0) is 11.2 Å². The van der Waals surface area contributed by atoms with E-state index in [1.807, 2.05) is 0 Å². The van der Waals surface area contributed by atoms with E-state index in [0.29, 0.717) is 17.8 Å². The van der Waals surface area contributed by atoms with Crippen molar-refractivity contribution in [2.75, 3.05) is 0 Å². The molecule has 6 nitrogen and oxygen atoms in total. The van der Waals surface area contributed by atoms with Crippen LogP contribution in [0.25, 0.3) is 5.69 Å². The molecule has 0 atom stereocenters. The van der Waals surface area contributed by atoms with Crippen molar-refractivity contribution in [3.05, 3.63) is 36.2 Å². The van der Waals surface area contributed by atoms with Gasteiger partial charge in [0.2, 0.25) is 0 Å². The highest BCUT2D eigenvalue weighted by Crippen LogP contribution is 2.23. The summed E-state index contributed by atoms with van der Waals surface area (Å²) >= 11 is 0. The second-order valence-corrected chi connectivity index (χ2v) is 5.02. The lowest BCUT2D eigenvalue weighted by molar-refractivity contribution is -0.146. The molecule has 0 aliphatic rings. The van der Waals surface area contributed by atoms with Gasteiger partial charge in [-0.3, -0.25) is 4.79 Å². The van der Waals surface area contributed by atoms with Crippen molar-refractivity contribution in [3.63, 3.8) is 0 Å². The van der Waals surface area contributed by atoms with Crippen LogP contribution in [0, 0.1) is 5.41 Å². The van der Waals surface area contributed by atoms with E-state index >= 15 is 0 Å². The molecule has 1 aromatic heterocycles. The summed E-state index contributed by atoms with van der Waals surface area (Å²) in [5.41, 5.74) is 0.419. The van der Waals surface area contributed by atoms with Crippen LogP contribution in [0.4, 0.5) is 0 Å². The average Bonchev–Trinajstić information content (AvgIpc) is 2.76. The molecule has 0 aliphatic heterocycles. The molecule has 0 spiro atoms. The number of rotatable bonds is 4. The second-order valence-electron chi connectivity index (χ2n) is 5.02. The Morgan fingerprint density at radius 2 is 2.16 bits per heavy atom. The molecule has 100 valence electrons. The van der Waals surface area contributed by atoms with Gasteiger partial charge in [0, 0.05) is 12.5 Å². The Morgan fingerprint density at radius 3 is 2.79 bits per heavy atom. The lowest BCUT2D eigenvalue weighted by Gasteiger charge is -2.19. The SMILES string of the molecule is CC(C)(Cc1cnnn1-c1cccc(O)c1)C(=O)O. The molecular weight excluding hydrogens is 246 g/mol. The van der Waals surface area contributed by atoms with Crippen molar-refractivity contribution in [1.29, 1.82) is 0 Å². The molecule has 19 heavy (non-hydrogen) atoms. The second kappa shape index (κ2) is 4.72. The van der Waals surface area contributed by atoms with E-state index in [1.165, 1.54) is 10.9 Å². The molecule has 0 radical (unpaired) electrons. The first kappa shape index (κ1) is 13.1. The van der Waals surface area contributed by atoms with Gasteiger partial charge in [0.05, 0.1) is 23.0 Å². The topological polar surface area (TPSA) is 88.2 Å². The van der Waals surface area contributed by atoms with Crippen molar-refractivity contribution in [3.8, 4) is 11.4 Å². The molecule has 6 heteroatoms. The highest BCUT2D eigenvalue weighted by Gasteiger charge is 2.29. The number of nitrogens with zero attached hydrogens (tertiary/aromatic N) is 3. The summed E-state index contributed by atoms with van der Waals surface area (Å²) in [4.78, 5) is 11.2. The predicted molar refractivity (Wildman–Crippen MR) is 68.1 cm³/mol. The fourth-order valence-corrected chi connectivity index (χ4v) is 1.75. The zero-order valence-electron chi connectivity index (χ0n) is 10.7. The van der Waals surface area contributed by atoms with Gasteiger partial charge in [0.1, 0.15) is 5.75 Å². The summed E-state index contributed by atoms with van der Waals surface area (Å²) in [7, 11) is 0. The molecule has 1 heterocycles. The van der Waals surface area contributed by atoms with Crippen LogP contribution in [0.3, 0.4) is 0 Å². The number of aliphatic carboxylic acids is 1. The first-order valence-electron chi connectivity index (χ1n) is 5.82. The Kier molecular flexibility index (Phi) is 3.25. The summed E-state index contributed by atoms with van der Waals surface area (Å²) < 4.78 is 1.53. The highest BCUT2D eigenvalue weighted by atomic mass is 16.4. The number of carbonyl (C=O) groups is 1. The number of aromatic hydroxyl groups is 1. The average molecular weight is 261 g/mol. The fraction of sp³-hybridized carbons (Fsp3) is 0.308. The summed E-state index contributed by atoms with van der Waals surface area (Å²) in [6.07, 6.45) is 1.83. The lowest BCUT2D eigenvalue weighted by Crippen LogP contribution is -2.27. The minimum atomic E-state index is -0.906. The normalized spacial score (nSPS) is 11.5. The van der Waals surface area contributed by atoms with E-state index in [4.69, 9.17) is 5.11 Å². The van der Waals surface area contributed by atoms with E-state index in [9.17, 15) is 9.90 Å². The number of carboxylic acids is 1. The van der Waals surface area contributed by atoms with Crippen LogP contribution in [-0.4, -0.2) is 31.2 Å². The van der Waals surface area contributed by atoms with Crippen LogP contribution >= 0.6 is 0 Å². The number of phenolic OH excluding ortho intramolecular Hbond substituents is 1. The standard InChI is InChI=1S/C13H15N3O3/c1-13(2,12(18)19)7-10-8-14-15-16(10)9-4-3-5-11(17)6-9/h3-6,8,17H,7H2,1-2H3,(H,18,19). The number of aromatic nitrogens is 3. The molecule has 0 saturated carbocycles. The van der Waals surface area contributed by atoms with Crippen molar-refractivity contribution in [2.24, 2.45) is 5.41 Å². The van der Waals surface area contributed by atoms with Crippen LogP contribution in [0.1, 0.15) is 19.5 Å². The molecule has 1 aromatic carbocycles. The van der Waals surface area contributed by atoms with Crippen LogP contribution in [0.2, 0.25) is 0 Å². The van der Waals surface area contributed by atoms with Crippen LogP contribution in [0.15, 0.2) is 30.5 Å². The maximum Gasteiger partial charge on any atom is 0.309 e. The molecule has 0 unspecified atom stereocenters. The molecule has 0 saturated heterocycles. The molecule has 2 N–H and O–H groups in total. The number of benzene rings is 1. The summed E-state index contributed by atoms with van der Waals surface area (Å²) in [6.45, 7) is 3.30. The third kappa shape index (κ3) is 2.73. The van der Waals surface area contributed by atoms with Gasteiger partial charge < -0.3 is 10.2 Å². The Hall–Kier alpha value is -2.37. The zero-order valence-corrected chi connectivity index (χ0v) is 10.7. The minimum Gasteiger partial charge on any atom is -0.508 e. The van der Waals surface area contributed by atoms with E-state index in [0.717, 1.165) is 0 Å². The van der Waals surface area contributed by atoms with Gasteiger partial charge >= 0.3 is 5.97 Å². The summed E-state index contributed by atoms with van der Waals surface area (Å²) in [6, 6.07) is 6.57. The van der Waals surface area contributed by atoms with Crippen LogP contribution in [0.5, 0.6) is 5.75 Å². The minimum absolute atomic E-state index is 0.122. The smallest absolute Gasteiger partial charge is 0.309 e. The zero-order chi connectivity index (χ0) is 14.0. The third-order valence-electron chi connectivity index (χ3n) is 2.90. The van der Waals surface area contributed by atoms with Crippen molar-refractivity contribution in [2.45, 2.75) is 20.3 Å².